The zero-order valence-corrected chi connectivity index (χ0v) is 14.0. The summed E-state index contributed by atoms with van der Waals surface area (Å²) in [4.78, 5) is 23.3. The fourth-order valence-electron chi connectivity index (χ4n) is 3.04. The SMILES string of the molecule is CCOC1(C(=O)Nc2ccc(OCC(=O)O)cc2)CCCCCC1. The van der Waals surface area contributed by atoms with E-state index < -0.39 is 11.6 Å². The smallest absolute Gasteiger partial charge is 0.341 e. The Morgan fingerprint density at radius 1 is 1.12 bits per heavy atom. The molecule has 0 atom stereocenters. The van der Waals surface area contributed by atoms with Gasteiger partial charge in [0.15, 0.2) is 6.61 Å². The number of amides is 1. The second-order valence-corrected chi connectivity index (χ2v) is 6.00. The van der Waals surface area contributed by atoms with Gasteiger partial charge in [-0.3, -0.25) is 4.79 Å². The van der Waals surface area contributed by atoms with Crippen LogP contribution in [0.1, 0.15) is 45.4 Å². The average Bonchev–Trinajstić information content (AvgIpc) is 2.81. The lowest BCUT2D eigenvalue weighted by Crippen LogP contribution is -2.45. The number of carboxylic acids is 1. The molecule has 1 aromatic carbocycles. The normalized spacial score (nSPS) is 16.9. The molecule has 0 aromatic heterocycles. The van der Waals surface area contributed by atoms with E-state index in [4.69, 9.17) is 14.6 Å². The van der Waals surface area contributed by atoms with E-state index in [1.165, 1.54) is 0 Å². The van der Waals surface area contributed by atoms with E-state index in [0.29, 0.717) is 18.0 Å². The number of rotatable bonds is 7. The van der Waals surface area contributed by atoms with Gasteiger partial charge >= 0.3 is 5.97 Å². The minimum absolute atomic E-state index is 0.106. The zero-order valence-electron chi connectivity index (χ0n) is 14.0. The average molecular weight is 335 g/mol. The molecular weight excluding hydrogens is 310 g/mol. The topological polar surface area (TPSA) is 84.9 Å². The molecule has 1 aromatic rings. The van der Waals surface area contributed by atoms with Crippen LogP contribution in [-0.2, 0) is 14.3 Å². The number of carbonyl (C=O) groups is 2. The number of anilines is 1. The third-order valence-corrected chi connectivity index (χ3v) is 4.22. The Morgan fingerprint density at radius 2 is 1.75 bits per heavy atom. The molecule has 1 aliphatic carbocycles. The Hall–Kier alpha value is -2.08. The van der Waals surface area contributed by atoms with Gasteiger partial charge in [-0.05, 0) is 44.0 Å². The van der Waals surface area contributed by atoms with E-state index in [1.807, 2.05) is 6.92 Å². The van der Waals surface area contributed by atoms with Gasteiger partial charge in [-0.15, -0.1) is 0 Å². The summed E-state index contributed by atoms with van der Waals surface area (Å²) in [6, 6.07) is 6.68. The maximum absolute atomic E-state index is 12.8. The second kappa shape index (κ2) is 8.68. The number of carbonyl (C=O) groups excluding carboxylic acids is 1. The number of carboxylic acid groups (broad SMARTS) is 1. The molecule has 0 heterocycles. The lowest BCUT2D eigenvalue weighted by molar-refractivity contribution is -0.143. The van der Waals surface area contributed by atoms with Gasteiger partial charge in [-0.25, -0.2) is 4.79 Å². The Kier molecular flexibility index (Phi) is 6.61. The quantitative estimate of drug-likeness (QED) is 0.747. The highest BCUT2D eigenvalue weighted by Crippen LogP contribution is 2.32. The van der Waals surface area contributed by atoms with Gasteiger partial charge < -0.3 is 19.9 Å². The summed E-state index contributed by atoms with van der Waals surface area (Å²) in [7, 11) is 0. The highest BCUT2D eigenvalue weighted by molar-refractivity contribution is 5.97. The maximum atomic E-state index is 12.8. The van der Waals surface area contributed by atoms with Gasteiger partial charge in [0.1, 0.15) is 11.4 Å². The Balaban J connectivity index is 2.02. The monoisotopic (exact) mass is 335 g/mol. The van der Waals surface area contributed by atoms with Crippen LogP contribution >= 0.6 is 0 Å². The fourth-order valence-corrected chi connectivity index (χ4v) is 3.04. The molecule has 1 aliphatic rings. The van der Waals surface area contributed by atoms with Crippen molar-refractivity contribution in [1.29, 1.82) is 0 Å². The molecule has 1 fully saturated rings. The van der Waals surface area contributed by atoms with Crippen LogP contribution in [0.15, 0.2) is 24.3 Å². The van der Waals surface area contributed by atoms with Crippen LogP contribution < -0.4 is 10.1 Å². The van der Waals surface area contributed by atoms with E-state index in [-0.39, 0.29) is 12.5 Å². The van der Waals surface area contributed by atoms with Crippen LogP contribution in [0.4, 0.5) is 5.69 Å². The van der Waals surface area contributed by atoms with Crippen LogP contribution in [0.5, 0.6) is 5.75 Å². The van der Waals surface area contributed by atoms with Crippen molar-refractivity contribution in [2.45, 2.75) is 51.0 Å². The van der Waals surface area contributed by atoms with Crippen molar-refractivity contribution in [1.82, 2.24) is 0 Å². The number of aliphatic carboxylic acids is 1. The first kappa shape index (κ1) is 18.3. The van der Waals surface area contributed by atoms with Crippen LogP contribution in [0.2, 0.25) is 0 Å². The van der Waals surface area contributed by atoms with Crippen LogP contribution in [0, 0.1) is 0 Å². The highest BCUT2D eigenvalue weighted by Gasteiger charge is 2.39. The molecule has 1 saturated carbocycles. The molecule has 0 radical (unpaired) electrons. The van der Waals surface area contributed by atoms with Crippen LogP contribution in [-0.4, -0.2) is 35.8 Å². The molecule has 132 valence electrons. The van der Waals surface area contributed by atoms with Gasteiger partial charge in [0.05, 0.1) is 0 Å². The molecule has 24 heavy (non-hydrogen) atoms. The summed E-state index contributed by atoms with van der Waals surface area (Å²) in [6.07, 6.45) is 5.75. The summed E-state index contributed by atoms with van der Waals surface area (Å²) in [6.45, 7) is 2.03. The van der Waals surface area contributed by atoms with Crippen molar-refractivity contribution >= 4 is 17.6 Å². The van der Waals surface area contributed by atoms with E-state index in [9.17, 15) is 9.59 Å². The zero-order chi connectivity index (χ0) is 17.4. The van der Waals surface area contributed by atoms with Gasteiger partial charge in [-0.1, -0.05) is 25.7 Å². The van der Waals surface area contributed by atoms with Gasteiger partial charge in [0, 0.05) is 12.3 Å². The molecule has 0 spiro atoms. The van der Waals surface area contributed by atoms with Crippen molar-refractivity contribution in [2.24, 2.45) is 0 Å². The first-order chi connectivity index (χ1) is 11.6. The van der Waals surface area contributed by atoms with E-state index in [2.05, 4.69) is 5.32 Å². The molecule has 1 amide bonds. The first-order valence-electron chi connectivity index (χ1n) is 8.46. The lowest BCUT2D eigenvalue weighted by atomic mass is 9.93. The summed E-state index contributed by atoms with van der Waals surface area (Å²) in [5.41, 5.74) is -0.102. The molecule has 2 rings (SSSR count). The van der Waals surface area contributed by atoms with Crippen LogP contribution in [0.3, 0.4) is 0 Å². The van der Waals surface area contributed by atoms with Crippen molar-refractivity contribution in [3.63, 3.8) is 0 Å². The minimum Gasteiger partial charge on any atom is -0.482 e. The molecule has 0 saturated heterocycles. The molecule has 6 heteroatoms. The van der Waals surface area contributed by atoms with Crippen molar-refractivity contribution in [3.8, 4) is 5.75 Å². The molecule has 2 N–H and O–H groups in total. The van der Waals surface area contributed by atoms with Crippen LogP contribution in [0.25, 0.3) is 0 Å². The number of hydrogen-bond donors (Lipinski definition) is 2. The third kappa shape index (κ3) is 4.96. The molecule has 0 unspecified atom stereocenters. The third-order valence-electron chi connectivity index (χ3n) is 4.22. The van der Waals surface area contributed by atoms with Crippen molar-refractivity contribution < 1.29 is 24.2 Å². The number of benzene rings is 1. The summed E-state index contributed by atoms with van der Waals surface area (Å²) in [5.74, 6) is -0.686. The standard InChI is InChI=1S/C18H25NO5/c1-2-24-18(11-5-3-4-6-12-18)17(22)19-14-7-9-15(10-8-14)23-13-16(20)21/h7-10H,2-6,11-13H2,1H3,(H,19,22)(H,20,21). The Morgan fingerprint density at radius 3 is 2.29 bits per heavy atom. The first-order valence-corrected chi connectivity index (χ1v) is 8.46. The number of ether oxygens (including phenoxy) is 2. The maximum Gasteiger partial charge on any atom is 0.341 e. The van der Waals surface area contributed by atoms with E-state index in [0.717, 1.165) is 38.5 Å². The summed E-state index contributed by atoms with van der Waals surface area (Å²) in [5, 5.41) is 11.5. The molecule has 0 aliphatic heterocycles. The predicted octanol–water partition coefficient (Wildman–Crippen LogP) is 3.22. The molecule has 0 bridgehead atoms. The Bertz CT molecular complexity index is 547. The summed E-state index contributed by atoms with van der Waals surface area (Å²) >= 11 is 0. The fraction of sp³-hybridized carbons (Fsp3) is 0.556. The van der Waals surface area contributed by atoms with Gasteiger partial charge in [-0.2, -0.15) is 0 Å². The summed E-state index contributed by atoms with van der Waals surface area (Å²) < 4.78 is 11.0. The van der Waals surface area contributed by atoms with E-state index >= 15 is 0 Å². The van der Waals surface area contributed by atoms with Gasteiger partial charge in [0.2, 0.25) is 0 Å². The molecule has 6 nitrogen and oxygen atoms in total. The predicted molar refractivity (Wildman–Crippen MR) is 90.3 cm³/mol. The van der Waals surface area contributed by atoms with Crippen molar-refractivity contribution in [2.75, 3.05) is 18.5 Å². The number of nitrogens with one attached hydrogen (secondary N) is 1. The van der Waals surface area contributed by atoms with E-state index in [1.54, 1.807) is 24.3 Å². The van der Waals surface area contributed by atoms with Gasteiger partial charge in [0.25, 0.3) is 5.91 Å². The lowest BCUT2D eigenvalue weighted by Gasteiger charge is -2.31. The Labute approximate surface area is 142 Å². The second-order valence-electron chi connectivity index (χ2n) is 6.00. The number of hydrogen-bond acceptors (Lipinski definition) is 4. The minimum atomic E-state index is -1.03. The molecular formula is C18H25NO5. The highest BCUT2D eigenvalue weighted by atomic mass is 16.5. The van der Waals surface area contributed by atoms with Crippen molar-refractivity contribution in [3.05, 3.63) is 24.3 Å². The largest absolute Gasteiger partial charge is 0.482 e.